The molecule has 2 aromatic rings. The molecule has 0 radical (unpaired) electrons. The van der Waals surface area contributed by atoms with Crippen LogP contribution in [0.2, 0.25) is 10.0 Å². The molecule has 2 rings (SSSR count). The zero-order valence-corrected chi connectivity index (χ0v) is 11.8. The molecule has 4 nitrogen and oxygen atoms in total. The van der Waals surface area contributed by atoms with Crippen LogP contribution in [0.3, 0.4) is 0 Å². The molecule has 0 saturated heterocycles. The minimum atomic E-state index is -0.207. The smallest absolute Gasteiger partial charge is 0.251 e. The number of nitrogens with zero attached hydrogens (tertiary/aromatic N) is 1. The highest BCUT2D eigenvalue weighted by Crippen LogP contribution is 2.22. The molecule has 0 aliphatic rings. The fourth-order valence-electron chi connectivity index (χ4n) is 1.54. The molecule has 0 aliphatic carbocycles. The zero-order chi connectivity index (χ0) is 13.8. The van der Waals surface area contributed by atoms with Crippen LogP contribution in [-0.2, 0) is 6.42 Å². The largest absolute Gasteiger partial charge is 0.446 e. The Balaban J connectivity index is 1.89. The second kappa shape index (κ2) is 6.08. The maximum Gasteiger partial charge on any atom is 0.251 e. The predicted molar refractivity (Wildman–Crippen MR) is 73.7 cm³/mol. The summed E-state index contributed by atoms with van der Waals surface area (Å²) in [6.45, 7) is 2.27. The topological polar surface area (TPSA) is 55.1 Å². The molecule has 0 aliphatic heterocycles. The Hall–Kier alpha value is -1.52. The highest BCUT2D eigenvalue weighted by molar-refractivity contribution is 6.42. The zero-order valence-electron chi connectivity index (χ0n) is 10.2. The van der Waals surface area contributed by atoms with E-state index in [1.165, 1.54) is 6.07 Å². The summed E-state index contributed by atoms with van der Waals surface area (Å²) >= 11 is 11.6. The molecule has 0 saturated carbocycles. The summed E-state index contributed by atoms with van der Waals surface area (Å²) in [4.78, 5) is 15.9. The average Bonchev–Trinajstić information content (AvgIpc) is 2.78. The van der Waals surface area contributed by atoms with Gasteiger partial charge in [0, 0.05) is 18.5 Å². The van der Waals surface area contributed by atoms with Gasteiger partial charge in [-0.15, -0.1) is 0 Å². The van der Waals surface area contributed by atoms with Gasteiger partial charge in [0.15, 0.2) is 5.89 Å². The molecule has 1 aromatic heterocycles. The normalized spacial score (nSPS) is 10.5. The van der Waals surface area contributed by atoms with Crippen LogP contribution in [0.4, 0.5) is 0 Å². The Labute approximate surface area is 120 Å². The predicted octanol–water partition coefficient (Wildman–Crippen LogP) is 3.26. The number of carbonyl (C=O) groups excluding carboxylic acids is 1. The van der Waals surface area contributed by atoms with Crippen LogP contribution in [0.1, 0.15) is 22.0 Å². The third-order valence-electron chi connectivity index (χ3n) is 2.48. The second-order valence-corrected chi connectivity index (χ2v) is 4.81. The van der Waals surface area contributed by atoms with E-state index in [9.17, 15) is 4.79 Å². The van der Waals surface area contributed by atoms with Crippen LogP contribution in [0.15, 0.2) is 28.8 Å². The third-order valence-corrected chi connectivity index (χ3v) is 3.21. The van der Waals surface area contributed by atoms with Crippen molar-refractivity contribution in [2.24, 2.45) is 0 Å². The number of hydrogen-bond donors (Lipinski definition) is 1. The van der Waals surface area contributed by atoms with E-state index in [2.05, 4.69) is 10.3 Å². The van der Waals surface area contributed by atoms with Crippen LogP contribution in [0.5, 0.6) is 0 Å². The standard InChI is InChI=1S/C13H12Cl2N2O2/c1-8-7-17-12(19-8)4-5-16-13(18)9-2-3-10(14)11(15)6-9/h2-3,6-7H,4-5H2,1H3,(H,16,18). The van der Waals surface area contributed by atoms with E-state index in [1.54, 1.807) is 18.3 Å². The number of halogens is 2. The summed E-state index contributed by atoms with van der Waals surface area (Å²) in [5.74, 6) is 1.15. The minimum Gasteiger partial charge on any atom is -0.446 e. The summed E-state index contributed by atoms with van der Waals surface area (Å²) < 4.78 is 5.30. The van der Waals surface area contributed by atoms with Gasteiger partial charge in [0.1, 0.15) is 5.76 Å². The van der Waals surface area contributed by atoms with Gasteiger partial charge in [-0.25, -0.2) is 4.98 Å². The molecule has 0 spiro atoms. The summed E-state index contributed by atoms with van der Waals surface area (Å²) in [7, 11) is 0. The fourth-order valence-corrected chi connectivity index (χ4v) is 1.84. The first kappa shape index (κ1) is 13.9. The van der Waals surface area contributed by atoms with Gasteiger partial charge in [0.2, 0.25) is 0 Å². The SMILES string of the molecule is Cc1cnc(CCNC(=O)c2ccc(Cl)c(Cl)c2)o1. The molecule has 19 heavy (non-hydrogen) atoms. The third kappa shape index (κ3) is 3.72. The Morgan fingerprint density at radius 3 is 2.79 bits per heavy atom. The number of hydrogen-bond acceptors (Lipinski definition) is 3. The van der Waals surface area contributed by atoms with Crippen molar-refractivity contribution in [3.8, 4) is 0 Å². The van der Waals surface area contributed by atoms with Gasteiger partial charge in [0.05, 0.1) is 16.2 Å². The average molecular weight is 299 g/mol. The lowest BCUT2D eigenvalue weighted by Crippen LogP contribution is -2.25. The van der Waals surface area contributed by atoms with Crippen molar-refractivity contribution < 1.29 is 9.21 Å². The van der Waals surface area contributed by atoms with Crippen LogP contribution in [0, 0.1) is 6.92 Å². The van der Waals surface area contributed by atoms with E-state index in [1.807, 2.05) is 6.92 Å². The van der Waals surface area contributed by atoms with E-state index in [4.69, 9.17) is 27.6 Å². The fraction of sp³-hybridized carbons (Fsp3) is 0.231. The van der Waals surface area contributed by atoms with Crippen molar-refractivity contribution in [3.05, 3.63) is 51.7 Å². The molecule has 1 N–H and O–H groups in total. The first-order valence-corrected chi connectivity index (χ1v) is 6.46. The van der Waals surface area contributed by atoms with Crippen LogP contribution >= 0.6 is 23.2 Å². The van der Waals surface area contributed by atoms with Crippen molar-refractivity contribution in [1.82, 2.24) is 10.3 Å². The Morgan fingerprint density at radius 1 is 1.37 bits per heavy atom. The molecule has 0 atom stereocenters. The minimum absolute atomic E-state index is 0.207. The number of rotatable bonds is 4. The maximum absolute atomic E-state index is 11.8. The monoisotopic (exact) mass is 298 g/mol. The molecular formula is C13H12Cl2N2O2. The van der Waals surface area contributed by atoms with Crippen LogP contribution in [-0.4, -0.2) is 17.4 Å². The number of nitrogens with one attached hydrogen (secondary N) is 1. The van der Waals surface area contributed by atoms with Gasteiger partial charge in [0.25, 0.3) is 5.91 Å². The van der Waals surface area contributed by atoms with Gasteiger partial charge < -0.3 is 9.73 Å². The Morgan fingerprint density at radius 2 is 2.16 bits per heavy atom. The maximum atomic E-state index is 11.8. The van der Waals surface area contributed by atoms with Gasteiger partial charge in [-0.1, -0.05) is 23.2 Å². The number of amides is 1. The van der Waals surface area contributed by atoms with E-state index >= 15 is 0 Å². The molecule has 6 heteroatoms. The number of oxazole rings is 1. The van der Waals surface area contributed by atoms with Crippen molar-refractivity contribution in [2.45, 2.75) is 13.3 Å². The van der Waals surface area contributed by atoms with Crippen molar-refractivity contribution in [2.75, 3.05) is 6.54 Å². The van der Waals surface area contributed by atoms with Crippen molar-refractivity contribution >= 4 is 29.1 Å². The Bertz CT molecular complexity index is 596. The molecule has 1 amide bonds. The lowest BCUT2D eigenvalue weighted by molar-refractivity contribution is 0.0953. The highest BCUT2D eigenvalue weighted by Gasteiger charge is 2.08. The summed E-state index contributed by atoms with van der Waals surface area (Å²) in [6, 6.07) is 4.75. The van der Waals surface area contributed by atoms with E-state index in [0.717, 1.165) is 5.76 Å². The Kier molecular flexibility index (Phi) is 4.45. The number of benzene rings is 1. The molecule has 1 aromatic carbocycles. The van der Waals surface area contributed by atoms with Crippen molar-refractivity contribution in [3.63, 3.8) is 0 Å². The van der Waals surface area contributed by atoms with E-state index < -0.39 is 0 Å². The molecule has 0 fully saturated rings. The van der Waals surface area contributed by atoms with Gasteiger partial charge >= 0.3 is 0 Å². The second-order valence-electron chi connectivity index (χ2n) is 4.00. The van der Waals surface area contributed by atoms with Gasteiger partial charge in [-0.2, -0.15) is 0 Å². The number of aromatic nitrogens is 1. The van der Waals surface area contributed by atoms with Crippen molar-refractivity contribution in [1.29, 1.82) is 0 Å². The van der Waals surface area contributed by atoms with E-state index in [-0.39, 0.29) is 5.91 Å². The summed E-state index contributed by atoms with van der Waals surface area (Å²) in [5.41, 5.74) is 0.470. The number of carbonyl (C=O) groups is 1. The number of aryl methyl sites for hydroxylation is 1. The quantitative estimate of drug-likeness (QED) is 0.942. The summed E-state index contributed by atoms with van der Waals surface area (Å²) in [5, 5.41) is 3.55. The lowest BCUT2D eigenvalue weighted by atomic mass is 10.2. The van der Waals surface area contributed by atoms with E-state index in [0.29, 0.717) is 34.5 Å². The van der Waals surface area contributed by atoms with Gasteiger partial charge in [-0.3, -0.25) is 4.79 Å². The van der Waals surface area contributed by atoms with Crippen LogP contribution < -0.4 is 5.32 Å². The molecule has 100 valence electrons. The highest BCUT2D eigenvalue weighted by atomic mass is 35.5. The van der Waals surface area contributed by atoms with Gasteiger partial charge in [-0.05, 0) is 25.1 Å². The molecule has 0 unspecified atom stereocenters. The molecular weight excluding hydrogens is 287 g/mol. The lowest BCUT2D eigenvalue weighted by Gasteiger charge is -2.04. The molecule has 1 heterocycles. The first-order chi connectivity index (χ1) is 9.06. The summed E-state index contributed by atoms with van der Waals surface area (Å²) in [6.07, 6.45) is 2.19. The van der Waals surface area contributed by atoms with Crippen LogP contribution in [0.25, 0.3) is 0 Å². The molecule has 0 bridgehead atoms. The first-order valence-electron chi connectivity index (χ1n) is 5.71.